The van der Waals surface area contributed by atoms with E-state index in [1.807, 2.05) is 79.7 Å². The molecule has 2 aromatic rings. The van der Waals surface area contributed by atoms with Crippen molar-refractivity contribution in [1.82, 2.24) is 15.1 Å². The molecule has 132 valence electrons. The van der Waals surface area contributed by atoms with Crippen molar-refractivity contribution in [3.05, 3.63) is 71.8 Å². The molecule has 0 aliphatic heterocycles. The quantitative estimate of drug-likeness (QED) is 0.784. The molecular weight excluding hydrogens is 314 g/mol. The predicted octanol–water partition coefficient (Wildman–Crippen LogP) is 1.89. The zero-order valence-corrected chi connectivity index (χ0v) is 14.8. The number of hydrogen-bond acceptors (Lipinski definition) is 3. The second kappa shape index (κ2) is 9.59. The van der Waals surface area contributed by atoms with E-state index in [0.717, 1.165) is 11.1 Å². The zero-order valence-electron chi connectivity index (χ0n) is 14.8. The van der Waals surface area contributed by atoms with E-state index in [1.165, 1.54) is 0 Å². The fourth-order valence-corrected chi connectivity index (χ4v) is 2.42. The molecule has 2 amide bonds. The minimum atomic E-state index is -0.561. The fraction of sp³-hybridized carbons (Fsp3) is 0.300. The lowest BCUT2D eigenvalue weighted by Gasteiger charge is -2.22. The lowest BCUT2D eigenvalue weighted by atomic mass is 10.1. The molecule has 0 aromatic heterocycles. The molecule has 5 heteroatoms. The molecule has 0 aliphatic rings. The Kier molecular flexibility index (Phi) is 7.16. The Labute approximate surface area is 149 Å². The highest BCUT2D eigenvalue weighted by atomic mass is 16.2. The van der Waals surface area contributed by atoms with E-state index in [1.54, 1.807) is 4.90 Å². The van der Waals surface area contributed by atoms with Crippen LogP contribution >= 0.6 is 0 Å². The Morgan fingerprint density at radius 2 is 1.32 bits per heavy atom. The van der Waals surface area contributed by atoms with Crippen LogP contribution in [0.2, 0.25) is 0 Å². The van der Waals surface area contributed by atoms with Gasteiger partial charge in [0.1, 0.15) is 0 Å². The molecule has 0 saturated carbocycles. The standard InChI is InChI=1S/C20H25N3O2/c1-22(2)14-13-21-19(24)20(25)23(15-17-9-5-3-6-10-17)16-18-11-7-4-8-12-18/h3-12H,13-16H2,1-2H3,(H,21,24). The molecule has 0 spiro atoms. The van der Waals surface area contributed by atoms with Gasteiger partial charge in [0, 0.05) is 26.2 Å². The SMILES string of the molecule is CN(C)CCNC(=O)C(=O)N(Cc1ccccc1)Cc1ccccc1. The molecule has 0 aliphatic carbocycles. The summed E-state index contributed by atoms with van der Waals surface area (Å²) in [7, 11) is 3.84. The topological polar surface area (TPSA) is 52.7 Å². The second-order valence-corrected chi connectivity index (χ2v) is 6.19. The van der Waals surface area contributed by atoms with Crippen LogP contribution in [-0.2, 0) is 22.7 Å². The number of carbonyl (C=O) groups is 2. The number of likely N-dealkylation sites (N-methyl/N-ethyl adjacent to an activating group) is 1. The fourth-order valence-electron chi connectivity index (χ4n) is 2.42. The summed E-state index contributed by atoms with van der Waals surface area (Å²) in [5.41, 5.74) is 1.99. The molecule has 0 atom stereocenters. The van der Waals surface area contributed by atoms with Gasteiger partial charge in [-0.25, -0.2) is 0 Å². The van der Waals surface area contributed by atoms with Gasteiger partial charge in [-0.1, -0.05) is 60.7 Å². The van der Waals surface area contributed by atoms with Crippen LogP contribution in [0.5, 0.6) is 0 Å². The highest BCUT2D eigenvalue weighted by Gasteiger charge is 2.22. The molecule has 0 fully saturated rings. The number of hydrogen-bond donors (Lipinski definition) is 1. The number of nitrogens with one attached hydrogen (secondary N) is 1. The van der Waals surface area contributed by atoms with Gasteiger partial charge in [0.25, 0.3) is 0 Å². The number of benzene rings is 2. The van der Waals surface area contributed by atoms with Gasteiger partial charge < -0.3 is 15.1 Å². The summed E-state index contributed by atoms with van der Waals surface area (Å²) in [4.78, 5) is 28.4. The molecule has 1 N–H and O–H groups in total. The summed E-state index contributed by atoms with van der Waals surface area (Å²) in [6, 6.07) is 19.4. The van der Waals surface area contributed by atoms with Gasteiger partial charge in [-0.3, -0.25) is 9.59 Å². The molecule has 0 bridgehead atoms. The second-order valence-electron chi connectivity index (χ2n) is 6.19. The van der Waals surface area contributed by atoms with Gasteiger partial charge in [0.05, 0.1) is 0 Å². The van der Waals surface area contributed by atoms with E-state index >= 15 is 0 Å². The number of amides is 2. The van der Waals surface area contributed by atoms with Gasteiger partial charge in [-0.05, 0) is 25.2 Å². The Morgan fingerprint density at radius 1 is 0.840 bits per heavy atom. The normalized spacial score (nSPS) is 10.5. The molecule has 0 unspecified atom stereocenters. The van der Waals surface area contributed by atoms with Crippen LogP contribution in [0.1, 0.15) is 11.1 Å². The van der Waals surface area contributed by atoms with Crippen LogP contribution in [0.4, 0.5) is 0 Å². The van der Waals surface area contributed by atoms with Crippen LogP contribution in [0, 0.1) is 0 Å². The Hall–Kier alpha value is -2.66. The maximum Gasteiger partial charge on any atom is 0.312 e. The van der Waals surface area contributed by atoms with Gasteiger partial charge in [0.15, 0.2) is 0 Å². The minimum Gasteiger partial charge on any atom is -0.347 e. The Bertz CT molecular complexity index is 630. The Morgan fingerprint density at radius 3 is 1.76 bits per heavy atom. The monoisotopic (exact) mass is 339 g/mol. The van der Waals surface area contributed by atoms with Crippen molar-refractivity contribution in [3.8, 4) is 0 Å². The van der Waals surface area contributed by atoms with Gasteiger partial charge in [-0.2, -0.15) is 0 Å². The first-order chi connectivity index (χ1) is 12.1. The van der Waals surface area contributed by atoms with Crippen molar-refractivity contribution in [1.29, 1.82) is 0 Å². The molecule has 0 radical (unpaired) electrons. The van der Waals surface area contributed by atoms with Crippen molar-refractivity contribution in [2.75, 3.05) is 27.2 Å². The maximum absolute atomic E-state index is 12.6. The largest absolute Gasteiger partial charge is 0.347 e. The summed E-state index contributed by atoms with van der Waals surface area (Å²) in [5.74, 6) is -1.07. The molecule has 5 nitrogen and oxygen atoms in total. The number of rotatable bonds is 7. The van der Waals surface area contributed by atoms with E-state index in [0.29, 0.717) is 26.2 Å². The lowest BCUT2D eigenvalue weighted by molar-refractivity contribution is -0.146. The first-order valence-corrected chi connectivity index (χ1v) is 8.36. The smallest absolute Gasteiger partial charge is 0.312 e. The van der Waals surface area contributed by atoms with Crippen LogP contribution < -0.4 is 5.32 Å². The third-order valence-corrected chi connectivity index (χ3v) is 3.76. The van der Waals surface area contributed by atoms with Gasteiger partial charge in [-0.15, -0.1) is 0 Å². The lowest BCUT2D eigenvalue weighted by Crippen LogP contribution is -2.44. The molecule has 0 heterocycles. The maximum atomic E-state index is 12.6. The van der Waals surface area contributed by atoms with Crippen LogP contribution in [0.3, 0.4) is 0 Å². The van der Waals surface area contributed by atoms with Crippen molar-refractivity contribution in [2.24, 2.45) is 0 Å². The summed E-state index contributed by atoms with van der Waals surface area (Å²) in [5, 5.41) is 2.69. The predicted molar refractivity (Wildman–Crippen MR) is 98.7 cm³/mol. The van der Waals surface area contributed by atoms with Crippen molar-refractivity contribution < 1.29 is 9.59 Å². The van der Waals surface area contributed by atoms with Crippen molar-refractivity contribution >= 4 is 11.8 Å². The van der Waals surface area contributed by atoms with E-state index in [4.69, 9.17) is 0 Å². The third-order valence-electron chi connectivity index (χ3n) is 3.76. The van der Waals surface area contributed by atoms with Crippen LogP contribution in [0.15, 0.2) is 60.7 Å². The van der Waals surface area contributed by atoms with Gasteiger partial charge >= 0.3 is 11.8 Å². The number of nitrogens with zero attached hydrogens (tertiary/aromatic N) is 2. The highest BCUT2D eigenvalue weighted by Crippen LogP contribution is 2.10. The van der Waals surface area contributed by atoms with E-state index in [2.05, 4.69) is 5.32 Å². The van der Waals surface area contributed by atoms with Crippen LogP contribution in [0.25, 0.3) is 0 Å². The van der Waals surface area contributed by atoms with E-state index < -0.39 is 11.8 Å². The molecule has 25 heavy (non-hydrogen) atoms. The summed E-state index contributed by atoms with van der Waals surface area (Å²) >= 11 is 0. The van der Waals surface area contributed by atoms with Crippen LogP contribution in [-0.4, -0.2) is 48.8 Å². The van der Waals surface area contributed by atoms with Gasteiger partial charge in [0.2, 0.25) is 0 Å². The average Bonchev–Trinajstić information content (AvgIpc) is 2.62. The summed E-state index contributed by atoms with van der Waals surface area (Å²) < 4.78 is 0. The van der Waals surface area contributed by atoms with Crippen molar-refractivity contribution in [3.63, 3.8) is 0 Å². The number of carbonyl (C=O) groups excluding carboxylic acids is 2. The van der Waals surface area contributed by atoms with Crippen molar-refractivity contribution in [2.45, 2.75) is 13.1 Å². The molecule has 2 rings (SSSR count). The van der Waals surface area contributed by atoms with E-state index in [-0.39, 0.29) is 0 Å². The molecule has 0 saturated heterocycles. The average molecular weight is 339 g/mol. The molecule has 2 aromatic carbocycles. The van der Waals surface area contributed by atoms with E-state index in [9.17, 15) is 9.59 Å². The third kappa shape index (κ3) is 6.39. The summed E-state index contributed by atoms with van der Waals surface area (Å²) in [6.07, 6.45) is 0. The zero-order chi connectivity index (χ0) is 18.1. The first kappa shape index (κ1) is 18.7. The minimum absolute atomic E-state index is 0.398. The summed E-state index contributed by atoms with van der Waals surface area (Å²) in [6.45, 7) is 1.93. The Balaban J connectivity index is 2.07. The first-order valence-electron chi connectivity index (χ1n) is 8.36. The molecular formula is C20H25N3O2. The highest BCUT2D eigenvalue weighted by molar-refractivity contribution is 6.34.